The Kier molecular flexibility index (Phi) is 5.68. The monoisotopic (exact) mass is 371 g/mol. The van der Waals surface area contributed by atoms with Gasteiger partial charge in [-0.2, -0.15) is 16.6 Å². The average Bonchev–Trinajstić information content (AvgIpc) is 3.14. The lowest BCUT2D eigenvalue weighted by atomic mass is 10.2. The average molecular weight is 371 g/mol. The zero-order valence-electron chi connectivity index (χ0n) is 14.7. The maximum Gasteiger partial charge on any atom is 0.271 e. The number of nitrogens with one attached hydrogen (secondary N) is 1. The molecule has 1 aliphatic heterocycles. The molecule has 0 aromatic carbocycles. The first-order chi connectivity index (χ1) is 12.6. The molecule has 3 rings (SSSR count). The molecule has 1 aliphatic rings. The van der Waals surface area contributed by atoms with Gasteiger partial charge in [0.2, 0.25) is 5.91 Å². The zero-order chi connectivity index (χ0) is 18.5. The summed E-state index contributed by atoms with van der Waals surface area (Å²) >= 11 is 1.59. The molecule has 0 spiro atoms. The van der Waals surface area contributed by atoms with Crippen LogP contribution in [0.5, 0.6) is 0 Å². The van der Waals surface area contributed by atoms with Crippen molar-refractivity contribution in [2.24, 2.45) is 0 Å². The molecule has 2 aromatic rings. The van der Waals surface area contributed by atoms with Crippen LogP contribution in [0.4, 0.5) is 5.82 Å². The second kappa shape index (κ2) is 8.15. The largest absolute Gasteiger partial charge is 0.352 e. The molecular formula is C18H21N5O2S. The lowest BCUT2D eigenvalue weighted by Crippen LogP contribution is -2.49. The Hall–Kier alpha value is -2.66. The van der Waals surface area contributed by atoms with E-state index in [4.69, 9.17) is 0 Å². The fraction of sp³-hybridized carbons (Fsp3) is 0.444. The Morgan fingerprint density at radius 2 is 2.15 bits per heavy atom. The molecule has 8 heteroatoms. The third-order valence-electron chi connectivity index (χ3n) is 4.41. The van der Waals surface area contributed by atoms with E-state index in [0.29, 0.717) is 50.7 Å². The zero-order valence-corrected chi connectivity index (χ0v) is 15.5. The minimum absolute atomic E-state index is 0.0346. The van der Waals surface area contributed by atoms with E-state index in [1.54, 1.807) is 11.3 Å². The third-order valence-corrected chi connectivity index (χ3v) is 5.14. The molecule has 7 nitrogen and oxygen atoms in total. The minimum atomic E-state index is -0.410. The van der Waals surface area contributed by atoms with Gasteiger partial charge in [0.05, 0.1) is 0 Å². The molecule has 3 heterocycles. The fourth-order valence-electron chi connectivity index (χ4n) is 3.05. The Labute approximate surface area is 155 Å². The number of hydrogen-bond donors (Lipinski definition) is 1. The molecule has 1 fully saturated rings. The van der Waals surface area contributed by atoms with Crippen LogP contribution < -0.4 is 10.5 Å². The Balaban J connectivity index is 1.80. The van der Waals surface area contributed by atoms with E-state index in [0.717, 1.165) is 12.0 Å². The Morgan fingerprint density at radius 3 is 2.77 bits per heavy atom. The molecular weight excluding hydrogens is 350 g/mol. The van der Waals surface area contributed by atoms with E-state index in [1.807, 2.05) is 39.6 Å². The lowest BCUT2D eigenvalue weighted by molar-refractivity contribution is -0.131. The standard InChI is InChI=1S/C18H21N5O2S/c1-2-3-16(24)22-5-7-23(8-6-22)17-14(11-19)18(25)21-15(20-17)10-13-4-9-26-12-13/h4,9,12H,2-3,5-8,10H2,1H3,(H,20,21,25). The summed E-state index contributed by atoms with van der Waals surface area (Å²) < 4.78 is 0. The summed E-state index contributed by atoms with van der Waals surface area (Å²) in [7, 11) is 0. The van der Waals surface area contributed by atoms with Crippen LogP contribution in [0.15, 0.2) is 21.6 Å². The van der Waals surface area contributed by atoms with Crippen LogP contribution in [-0.4, -0.2) is 47.0 Å². The lowest BCUT2D eigenvalue weighted by Gasteiger charge is -2.35. The van der Waals surface area contributed by atoms with Crippen molar-refractivity contribution in [2.75, 3.05) is 31.1 Å². The summed E-state index contributed by atoms with van der Waals surface area (Å²) in [6.45, 7) is 4.29. The molecule has 1 amide bonds. The van der Waals surface area contributed by atoms with Crippen molar-refractivity contribution >= 4 is 23.1 Å². The predicted molar refractivity (Wildman–Crippen MR) is 100 cm³/mol. The Morgan fingerprint density at radius 1 is 1.38 bits per heavy atom. The highest BCUT2D eigenvalue weighted by Gasteiger charge is 2.24. The molecule has 0 saturated carbocycles. The van der Waals surface area contributed by atoms with Gasteiger partial charge in [-0.1, -0.05) is 6.92 Å². The van der Waals surface area contributed by atoms with Gasteiger partial charge in [-0.3, -0.25) is 9.59 Å². The molecule has 0 radical (unpaired) electrons. The number of aromatic nitrogens is 2. The van der Waals surface area contributed by atoms with Crippen molar-refractivity contribution in [1.29, 1.82) is 5.26 Å². The Bertz CT molecular complexity index is 861. The highest BCUT2D eigenvalue weighted by Crippen LogP contribution is 2.18. The van der Waals surface area contributed by atoms with Crippen molar-refractivity contribution in [3.8, 4) is 6.07 Å². The highest BCUT2D eigenvalue weighted by atomic mass is 32.1. The van der Waals surface area contributed by atoms with Crippen molar-refractivity contribution in [1.82, 2.24) is 14.9 Å². The van der Waals surface area contributed by atoms with E-state index in [1.165, 1.54) is 0 Å². The van der Waals surface area contributed by atoms with Gasteiger partial charge in [-0.05, 0) is 28.8 Å². The van der Waals surface area contributed by atoms with Crippen molar-refractivity contribution in [3.05, 3.63) is 44.1 Å². The molecule has 2 aromatic heterocycles. The summed E-state index contributed by atoms with van der Waals surface area (Å²) in [5.74, 6) is 1.13. The van der Waals surface area contributed by atoms with Crippen LogP contribution in [0.2, 0.25) is 0 Å². The summed E-state index contributed by atoms with van der Waals surface area (Å²) in [6, 6.07) is 3.96. The molecule has 136 valence electrons. The van der Waals surface area contributed by atoms with Crippen molar-refractivity contribution in [3.63, 3.8) is 0 Å². The quantitative estimate of drug-likeness (QED) is 0.864. The summed E-state index contributed by atoms with van der Waals surface area (Å²) in [6.07, 6.45) is 1.91. The number of nitriles is 1. The number of nitrogens with zero attached hydrogens (tertiary/aromatic N) is 4. The smallest absolute Gasteiger partial charge is 0.271 e. The van der Waals surface area contributed by atoms with Crippen LogP contribution in [-0.2, 0) is 11.2 Å². The molecule has 0 atom stereocenters. The molecule has 0 unspecified atom stereocenters. The number of H-pyrrole nitrogens is 1. The van der Waals surface area contributed by atoms with Gasteiger partial charge in [0.15, 0.2) is 11.4 Å². The minimum Gasteiger partial charge on any atom is -0.352 e. The van der Waals surface area contributed by atoms with E-state index in [9.17, 15) is 14.9 Å². The van der Waals surface area contributed by atoms with Crippen LogP contribution in [0.1, 0.15) is 36.7 Å². The number of carbonyl (C=O) groups excluding carboxylic acids is 1. The second-order valence-electron chi connectivity index (χ2n) is 6.25. The van der Waals surface area contributed by atoms with E-state index < -0.39 is 5.56 Å². The normalized spacial score (nSPS) is 14.3. The van der Waals surface area contributed by atoms with Crippen molar-refractivity contribution < 1.29 is 4.79 Å². The van der Waals surface area contributed by atoms with Crippen LogP contribution in [0.3, 0.4) is 0 Å². The van der Waals surface area contributed by atoms with Gasteiger partial charge < -0.3 is 14.8 Å². The number of aromatic amines is 1. The molecule has 0 bridgehead atoms. The molecule has 26 heavy (non-hydrogen) atoms. The molecule has 1 saturated heterocycles. The summed E-state index contributed by atoms with van der Waals surface area (Å²) in [5, 5.41) is 13.4. The van der Waals surface area contributed by atoms with Crippen molar-refractivity contribution in [2.45, 2.75) is 26.2 Å². The number of rotatable bonds is 5. The van der Waals surface area contributed by atoms with E-state index >= 15 is 0 Å². The maximum atomic E-state index is 12.3. The van der Waals surface area contributed by atoms with Crippen LogP contribution in [0.25, 0.3) is 0 Å². The first kappa shape index (κ1) is 18.1. The fourth-order valence-corrected chi connectivity index (χ4v) is 3.71. The topological polar surface area (TPSA) is 93.1 Å². The number of amides is 1. The summed E-state index contributed by atoms with van der Waals surface area (Å²) in [4.78, 5) is 35.4. The number of carbonyl (C=O) groups is 1. The summed E-state index contributed by atoms with van der Waals surface area (Å²) in [5.41, 5.74) is 0.698. The molecule has 1 N–H and O–H groups in total. The first-order valence-corrected chi connectivity index (χ1v) is 9.63. The SMILES string of the molecule is CCCC(=O)N1CCN(c2nc(Cc3ccsc3)[nH]c(=O)c2C#N)CC1. The van der Waals surface area contributed by atoms with Gasteiger partial charge in [-0.15, -0.1) is 0 Å². The van der Waals surface area contributed by atoms with E-state index in [-0.39, 0.29) is 11.5 Å². The third kappa shape index (κ3) is 3.94. The first-order valence-electron chi connectivity index (χ1n) is 8.69. The van der Waals surface area contributed by atoms with Crippen LogP contribution in [0, 0.1) is 11.3 Å². The second-order valence-corrected chi connectivity index (χ2v) is 7.03. The predicted octanol–water partition coefficient (Wildman–Crippen LogP) is 1.74. The number of piperazine rings is 1. The van der Waals surface area contributed by atoms with Gasteiger partial charge in [0, 0.05) is 39.0 Å². The highest BCUT2D eigenvalue weighted by molar-refractivity contribution is 7.07. The molecule has 0 aliphatic carbocycles. The number of hydrogen-bond acceptors (Lipinski definition) is 6. The van der Waals surface area contributed by atoms with E-state index in [2.05, 4.69) is 9.97 Å². The van der Waals surface area contributed by atoms with Gasteiger partial charge in [0.25, 0.3) is 5.56 Å². The van der Waals surface area contributed by atoms with Gasteiger partial charge in [-0.25, -0.2) is 4.98 Å². The van der Waals surface area contributed by atoms with Gasteiger partial charge in [0.1, 0.15) is 11.9 Å². The number of thiophene rings is 1. The maximum absolute atomic E-state index is 12.3. The number of anilines is 1. The van der Waals surface area contributed by atoms with Crippen LogP contribution >= 0.6 is 11.3 Å². The van der Waals surface area contributed by atoms with Gasteiger partial charge >= 0.3 is 0 Å².